The molecule has 0 radical (unpaired) electrons. The van der Waals surface area contributed by atoms with Crippen LogP contribution < -0.4 is 10.1 Å². The first-order valence-electron chi connectivity index (χ1n) is 10.2. The molecule has 1 heterocycles. The van der Waals surface area contributed by atoms with Gasteiger partial charge >= 0.3 is 5.69 Å². The number of piperazine rings is 1. The molecule has 34 heavy (non-hydrogen) atoms. The quantitative estimate of drug-likeness (QED) is 0.426. The number of carbonyl (C=O) groups is 1. The third-order valence-electron chi connectivity index (χ3n) is 5.51. The molecule has 1 atom stereocenters. The zero-order chi connectivity index (χ0) is 25.0. The number of non-ortho nitro benzene ring substituents is 1. The van der Waals surface area contributed by atoms with Crippen molar-refractivity contribution in [1.29, 1.82) is 0 Å². The van der Waals surface area contributed by atoms with Gasteiger partial charge in [-0.25, -0.2) is 8.42 Å². The van der Waals surface area contributed by atoms with E-state index in [1.54, 1.807) is 11.8 Å². The lowest BCUT2D eigenvalue weighted by Crippen LogP contribution is -2.53. The highest BCUT2D eigenvalue weighted by Crippen LogP contribution is 2.31. The number of nitro groups is 2. The van der Waals surface area contributed by atoms with Crippen molar-refractivity contribution in [3.8, 4) is 5.75 Å². The van der Waals surface area contributed by atoms with Gasteiger partial charge in [0.2, 0.25) is 15.9 Å². The average Bonchev–Trinajstić information content (AvgIpc) is 2.83. The first-order valence-corrected chi connectivity index (χ1v) is 11.6. The fourth-order valence-corrected chi connectivity index (χ4v) is 5.01. The smallest absolute Gasteiger partial charge is 0.312 e. The predicted octanol–water partition coefficient (Wildman–Crippen LogP) is 1.85. The van der Waals surface area contributed by atoms with Gasteiger partial charge in [0.25, 0.3) is 5.69 Å². The van der Waals surface area contributed by atoms with E-state index in [0.717, 1.165) is 6.07 Å². The van der Waals surface area contributed by atoms with E-state index in [0.29, 0.717) is 0 Å². The molecule has 0 aliphatic carbocycles. The van der Waals surface area contributed by atoms with Gasteiger partial charge in [0.15, 0.2) is 5.75 Å². The number of ether oxygens (including phenoxy) is 1. The molecule has 1 N–H and O–H groups in total. The lowest BCUT2D eigenvalue weighted by atomic mass is 10.2. The average molecular weight is 493 g/mol. The Hall–Kier alpha value is -3.62. The maximum Gasteiger partial charge on any atom is 0.312 e. The maximum atomic E-state index is 13.0. The van der Waals surface area contributed by atoms with Crippen molar-refractivity contribution >= 4 is 33.0 Å². The fourth-order valence-electron chi connectivity index (χ4n) is 3.56. The van der Waals surface area contributed by atoms with Gasteiger partial charge in [0.05, 0.1) is 27.9 Å². The molecule has 1 unspecified atom stereocenters. The van der Waals surface area contributed by atoms with Crippen LogP contribution in [-0.4, -0.2) is 72.7 Å². The van der Waals surface area contributed by atoms with E-state index in [-0.39, 0.29) is 54.1 Å². The van der Waals surface area contributed by atoms with Crippen LogP contribution in [0.2, 0.25) is 0 Å². The van der Waals surface area contributed by atoms with Gasteiger partial charge in [-0.15, -0.1) is 0 Å². The molecule has 14 heteroatoms. The van der Waals surface area contributed by atoms with Crippen molar-refractivity contribution in [2.75, 3.05) is 38.6 Å². The van der Waals surface area contributed by atoms with Crippen molar-refractivity contribution in [2.24, 2.45) is 0 Å². The molecule has 1 aliphatic rings. The third-order valence-corrected chi connectivity index (χ3v) is 7.40. The van der Waals surface area contributed by atoms with Crippen LogP contribution in [0.25, 0.3) is 0 Å². The number of hydrogen-bond donors (Lipinski definition) is 1. The predicted molar refractivity (Wildman–Crippen MR) is 121 cm³/mol. The molecule has 2 aromatic carbocycles. The normalized spacial score (nSPS) is 15.9. The fraction of sp³-hybridized carbons (Fsp3) is 0.350. The topological polar surface area (TPSA) is 165 Å². The summed E-state index contributed by atoms with van der Waals surface area (Å²) >= 11 is 0. The number of methoxy groups -OCH3 is 1. The Kier molecular flexibility index (Phi) is 7.44. The largest absolute Gasteiger partial charge is 0.490 e. The van der Waals surface area contributed by atoms with Gasteiger partial charge in [-0.2, -0.15) is 4.31 Å². The molecule has 0 spiro atoms. The first-order chi connectivity index (χ1) is 16.0. The number of rotatable bonds is 8. The van der Waals surface area contributed by atoms with E-state index in [2.05, 4.69) is 5.32 Å². The number of anilines is 1. The van der Waals surface area contributed by atoms with Crippen LogP contribution in [-0.2, 0) is 14.8 Å². The monoisotopic (exact) mass is 493 g/mol. The Balaban J connectivity index is 1.65. The minimum atomic E-state index is -3.99. The lowest BCUT2D eigenvalue weighted by molar-refractivity contribution is -0.386. The summed E-state index contributed by atoms with van der Waals surface area (Å²) in [5, 5.41) is 24.8. The van der Waals surface area contributed by atoms with Crippen LogP contribution >= 0.6 is 0 Å². The number of sulfonamides is 1. The Morgan fingerprint density at radius 1 is 1.06 bits per heavy atom. The van der Waals surface area contributed by atoms with E-state index < -0.39 is 31.6 Å². The number of amides is 1. The molecule has 0 aromatic heterocycles. The minimum Gasteiger partial charge on any atom is -0.490 e. The highest BCUT2D eigenvalue weighted by atomic mass is 32.2. The Labute approximate surface area is 195 Å². The number of benzene rings is 2. The second-order valence-electron chi connectivity index (χ2n) is 7.50. The molecule has 0 saturated carbocycles. The zero-order valence-electron chi connectivity index (χ0n) is 18.4. The van der Waals surface area contributed by atoms with Crippen molar-refractivity contribution in [2.45, 2.75) is 17.9 Å². The summed E-state index contributed by atoms with van der Waals surface area (Å²) < 4.78 is 32.1. The van der Waals surface area contributed by atoms with E-state index >= 15 is 0 Å². The zero-order valence-corrected chi connectivity index (χ0v) is 19.2. The van der Waals surface area contributed by atoms with E-state index in [9.17, 15) is 33.4 Å². The molecule has 2 aromatic rings. The van der Waals surface area contributed by atoms with Crippen molar-refractivity contribution < 1.29 is 27.8 Å². The maximum absolute atomic E-state index is 13.0. The van der Waals surface area contributed by atoms with E-state index in [4.69, 9.17) is 4.74 Å². The van der Waals surface area contributed by atoms with Gasteiger partial charge < -0.3 is 10.1 Å². The minimum absolute atomic E-state index is 0.0441. The van der Waals surface area contributed by atoms with Crippen LogP contribution in [0.1, 0.15) is 6.92 Å². The lowest BCUT2D eigenvalue weighted by Gasteiger charge is -2.36. The van der Waals surface area contributed by atoms with Gasteiger partial charge in [0, 0.05) is 50.1 Å². The molecule has 1 saturated heterocycles. The molecular weight excluding hydrogens is 470 g/mol. The number of carbonyl (C=O) groups excluding carboxylic acids is 1. The summed E-state index contributed by atoms with van der Waals surface area (Å²) in [5.74, 6) is -0.431. The first kappa shape index (κ1) is 25.0. The van der Waals surface area contributed by atoms with Crippen LogP contribution in [0.3, 0.4) is 0 Å². The number of nitrogens with zero attached hydrogens (tertiary/aromatic N) is 4. The highest BCUT2D eigenvalue weighted by Gasteiger charge is 2.33. The van der Waals surface area contributed by atoms with Crippen molar-refractivity contribution in [3.05, 3.63) is 62.7 Å². The standard InChI is InChI=1S/C20H23N5O8S/c1-14(20(26)21-15-4-3-5-16(12-15)24(27)28)22-8-10-23(11-9-22)34(31,32)17-6-7-19(33-2)18(13-17)25(29)30/h3-7,12-14H,8-11H2,1-2H3,(H,21,26). The van der Waals surface area contributed by atoms with Crippen LogP contribution in [0, 0.1) is 20.2 Å². The molecule has 1 amide bonds. The third kappa shape index (κ3) is 5.30. The molecule has 0 bridgehead atoms. The summed E-state index contributed by atoms with van der Waals surface area (Å²) in [6, 6.07) is 8.41. The summed E-state index contributed by atoms with van der Waals surface area (Å²) in [6.07, 6.45) is 0. The summed E-state index contributed by atoms with van der Waals surface area (Å²) in [5.41, 5.74) is -0.315. The SMILES string of the molecule is COc1ccc(S(=O)(=O)N2CCN(C(C)C(=O)Nc3cccc([N+](=O)[O-])c3)CC2)cc1[N+](=O)[O-]. The second-order valence-corrected chi connectivity index (χ2v) is 9.44. The van der Waals surface area contributed by atoms with Gasteiger partial charge in [-0.05, 0) is 25.1 Å². The van der Waals surface area contributed by atoms with Crippen molar-refractivity contribution in [3.63, 3.8) is 0 Å². The summed E-state index contributed by atoms with van der Waals surface area (Å²) in [4.78, 5) is 35.1. The number of hydrogen-bond acceptors (Lipinski definition) is 9. The van der Waals surface area contributed by atoms with E-state index in [1.165, 1.54) is 47.8 Å². The molecule has 13 nitrogen and oxygen atoms in total. The van der Waals surface area contributed by atoms with Crippen molar-refractivity contribution in [1.82, 2.24) is 9.21 Å². The van der Waals surface area contributed by atoms with Crippen LogP contribution in [0.5, 0.6) is 5.75 Å². The Bertz CT molecular complexity index is 1210. The van der Waals surface area contributed by atoms with Gasteiger partial charge in [-0.1, -0.05) is 6.07 Å². The van der Waals surface area contributed by atoms with Crippen LogP contribution in [0.15, 0.2) is 47.4 Å². The molecule has 1 aliphatic heterocycles. The second kappa shape index (κ2) is 10.1. The summed E-state index contributed by atoms with van der Waals surface area (Å²) in [6.45, 7) is 2.32. The molecular formula is C20H23N5O8S. The Morgan fingerprint density at radius 2 is 1.74 bits per heavy atom. The van der Waals surface area contributed by atoms with Gasteiger partial charge in [0.1, 0.15) is 0 Å². The summed E-state index contributed by atoms with van der Waals surface area (Å²) in [7, 11) is -2.74. The highest BCUT2D eigenvalue weighted by molar-refractivity contribution is 7.89. The number of nitrogens with one attached hydrogen (secondary N) is 1. The molecule has 3 rings (SSSR count). The number of nitro benzene ring substituents is 2. The van der Waals surface area contributed by atoms with Gasteiger partial charge in [-0.3, -0.25) is 29.9 Å². The van der Waals surface area contributed by atoms with Crippen LogP contribution in [0.4, 0.5) is 17.1 Å². The Morgan fingerprint density at radius 3 is 2.32 bits per heavy atom. The molecule has 1 fully saturated rings. The molecule has 182 valence electrons. The van der Waals surface area contributed by atoms with E-state index in [1.807, 2.05) is 0 Å².